The van der Waals surface area contributed by atoms with Gasteiger partial charge in [0.15, 0.2) is 0 Å². The average Bonchev–Trinajstić information content (AvgIpc) is 3.30. The zero-order chi connectivity index (χ0) is 20.5. The van der Waals surface area contributed by atoms with Crippen LogP contribution in [0.25, 0.3) is 16.7 Å². The van der Waals surface area contributed by atoms with E-state index in [0.717, 1.165) is 40.1 Å². The summed E-state index contributed by atoms with van der Waals surface area (Å²) < 4.78 is 8.29. The second kappa shape index (κ2) is 8.04. The van der Waals surface area contributed by atoms with Crippen molar-refractivity contribution in [2.45, 2.75) is 6.42 Å². The molecule has 0 bridgehead atoms. The number of ether oxygens (including phenoxy) is 1. The van der Waals surface area contributed by atoms with Crippen LogP contribution in [-0.2, 0) is 11.2 Å². The van der Waals surface area contributed by atoms with Crippen molar-refractivity contribution in [3.63, 3.8) is 0 Å². The maximum Gasteiger partial charge on any atom is 0.258 e. The highest BCUT2D eigenvalue weighted by atomic mass is 79.9. The summed E-state index contributed by atoms with van der Waals surface area (Å²) in [4.78, 5) is 27.3. The third kappa shape index (κ3) is 3.76. The van der Waals surface area contributed by atoms with Gasteiger partial charge in [-0.1, -0.05) is 22.0 Å². The van der Waals surface area contributed by atoms with Crippen LogP contribution in [0.4, 0.5) is 5.69 Å². The van der Waals surface area contributed by atoms with Crippen LogP contribution in [0.15, 0.2) is 64.3 Å². The van der Waals surface area contributed by atoms with Crippen LogP contribution in [-0.4, -0.2) is 45.8 Å². The number of morpholine rings is 1. The van der Waals surface area contributed by atoms with Crippen LogP contribution in [0.5, 0.6) is 0 Å². The topological polar surface area (TPSA) is 76.0 Å². The number of H-pyrrole nitrogens is 1. The third-order valence-corrected chi connectivity index (χ3v) is 5.66. The molecule has 0 aliphatic carbocycles. The highest BCUT2D eigenvalue weighted by Crippen LogP contribution is 2.29. The van der Waals surface area contributed by atoms with E-state index >= 15 is 0 Å². The summed E-state index contributed by atoms with van der Waals surface area (Å²) in [5.41, 5.74) is 2.52. The summed E-state index contributed by atoms with van der Waals surface area (Å²) in [6.07, 6.45) is 6.23. The highest BCUT2D eigenvalue weighted by Gasteiger charge is 2.18. The molecule has 0 atom stereocenters. The van der Waals surface area contributed by atoms with Crippen molar-refractivity contribution >= 4 is 32.5 Å². The van der Waals surface area contributed by atoms with Gasteiger partial charge in [0.2, 0.25) is 0 Å². The first kappa shape index (κ1) is 19.0. The minimum atomic E-state index is -0.136. The number of benzene rings is 1. The second-order valence-electron chi connectivity index (χ2n) is 7.22. The molecular weight excluding hydrogens is 446 g/mol. The standard InChI is InChI=1S/C22H20BrN5O2/c23-16-12-17-21(18(13-16)27-7-9-30-10-8-27)25-19(26-22(17)29)11-15-3-4-20(24-14-15)28-5-1-2-6-28/h1-6,12-14H,7-11H2,(H,25,26,29). The number of fused-ring (bicyclic) bond motifs is 1. The van der Waals surface area contributed by atoms with Crippen LogP contribution in [0.3, 0.4) is 0 Å². The van der Waals surface area contributed by atoms with Crippen LogP contribution >= 0.6 is 15.9 Å². The Morgan fingerprint density at radius 1 is 1.13 bits per heavy atom. The molecule has 0 spiro atoms. The van der Waals surface area contributed by atoms with E-state index in [1.807, 2.05) is 59.6 Å². The SMILES string of the molecule is O=c1[nH]c(Cc2ccc(-n3cccc3)nc2)nc2c(N3CCOCC3)cc(Br)cc12. The Hall–Kier alpha value is -2.97. The number of hydrogen-bond donors (Lipinski definition) is 1. The van der Waals surface area contributed by atoms with E-state index in [4.69, 9.17) is 9.72 Å². The molecule has 0 amide bonds. The number of anilines is 1. The number of aromatic nitrogens is 4. The molecule has 0 unspecified atom stereocenters. The molecule has 4 aromatic rings. The summed E-state index contributed by atoms with van der Waals surface area (Å²) in [6, 6.07) is 11.7. The van der Waals surface area contributed by atoms with E-state index in [0.29, 0.717) is 30.8 Å². The van der Waals surface area contributed by atoms with E-state index in [1.165, 1.54) is 0 Å². The van der Waals surface area contributed by atoms with Gasteiger partial charge in [0.05, 0.1) is 24.3 Å². The average molecular weight is 466 g/mol. The number of aromatic amines is 1. The number of pyridine rings is 1. The molecule has 0 saturated carbocycles. The lowest BCUT2D eigenvalue weighted by Gasteiger charge is -2.29. The Labute approximate surface area is 181 Å². The van der Waals surface area contributed by atoms with Gasteiger partial charge in [-0.25, -0.2) is 9.97 Å². The Bertz CT molecular complexity index is 1230. The number of halogens is 1. The third-order valence-electron chi connectivity index (χ3n) is 5.21. The molecule has 4 heterocycles. The van der Waals surface area contributed by atoms with Gasteiger partial charge in [0.1, 0.15) is 17.2 Å². The van der Waals surface area contributed by atoms with Gasteiger partial charge >= 0.3 is 0 Å². The second-order valence-corrected chi connectivity index (χ2v) is 8.14. The van der Waals surface area contributed by atoms with Crippen LogP contribution in [0.1, 0.15) is 11.4 Å². The number of nitrogens with one attached hydrogen (secondary N) is 1. The minimum absolute atomic E-state index is 0.136. The lowest BCUT2D eigenvalue weighted by molar-refractivity contribution is 0.123. The lowest BCUT2D eigenvalue weighted by atomic mass is 10.1. The van der Waals surface area contributed by atoms with Gasteiger partial charge in [-0.05, 0) is 35.9 Å². The molecule has 3 aromatic heterocycles. The fourth-order valence-corrected chi connectivity index (χ4v) is 4.17. The molecule has 5 rings (SSSR count). The van der Waals surface area contributed by atoms with Crippen molar-refractivity contribution < 1.29 is 4.74 Å². The number of nitrogens with zero attached hydrogens (tertiary/aromatic N) is 4. The molecule has 7 nitrogen and oxygen atoms in total. The van der Waals surface area contributed by atoms with E-state index < -0.39 is 0 Å². The first-order valence-electron chi connectivity index (χ1n) is 9.81. The van der Waals surface area contributed by atoms with E-state index in [2.05, 4.69) is 30.8 Å². The molecule has 30 heavy (non-hydrogen) atoms. The van der Waals surface area contributed by atoms with Gasteiger partial charge in [-0.2, -0.15) is 0 Å². The lowest BCUT2D eigenvalue weighted by Crippen LogP contribution is -2.36. The number of rotatable bonds is 4. The smallest absolute Gasteiger partial charge is 0.258 e. The van der Waals surface area contributed by atoms with Crippen molar-refractivity contribution in [2.75, 3.05) is 31.2 Å². The van der Waals surface area contributed by atoms with Crippen molar-refractivity contribution in [2.24, 2.45) is 0 Å². The maximum absolute atomic E-state index is 12.8. The zero-order valence-electron chi connectivity index (χ0n) is 16.2. The van der Waals surface area contributed by atoms with Gasteiger partial charge in [0, 0.05) is 42.6 Å². The van der Waals surface area contributed by atoms with E-state index in [1.54, 1.807) is 0 Å². The van der Waals surface area contributed by atoms with Crippen molar-refractivity contribution in [3.05, 3.63) is 81.2 Å². The minimum Gasteiger partial charge on any atom is -0.378 e. The van der Waals surface area contributed by atoms with Crippen molar-refractivity contribution in [1.82, 2.24) is 19.5 Å². The van der Waals surface area contributed by atoms with E-state index in [-0.39, 0.29) is 5.56 Å². The maximum atomic E-state index is 12.8. The van der Waals surface area contributed by atoms with Gasteiger partial charge in [-0.3, -0.25) is 4.79 Å². The molecule has 1 fully saturated rings. The fraction of sp³-hybridized carbons (Fsp3) is 0.227. The molecule has 8 heteroatoms. The van der Waals surface area contributed by atoms with Crippen molar-refractivity contribution in [1.29, 1.82) is 0 Å². The monoisotopic (exact) mass is 465 g/mol. The molecule has 1 N–H and O–H groups in total. The first-order chi connectivity index (χ1) is 14.7. The van der Waals surface area contributed by atoms with Crippen molar-refractivity contribution in [3.8, 4) is 5.82 Å². The largest absolute Gasteiger partial charge is 0.378 e. The first-order valence-corrected chi connectivity index (χ1v) is 10.6. The van der Waals surface area contributed by atoms with Gasteiger partial charge < -0.3 is 19.2 Å². The molecule has 1 aromatic carbocycles. The summed E-state index contributed by atoms with van der Waals surface area (Å²) in [6.45, 7) is 2.90. The predicted molar refractivity (Wildman–Crippen MR) is 119 cm³/mol. The van der Waals surface area contributed by atoms with Crippen LogP contribution < -0.4 is 10.5 Å². The highest BCUT2D eigenvalue weighted by molar-refractivity contribution is 9.10. The predicted octanol–water partition coefficient (Wildman–Crippen LogP) is 3.30. The van der Waals surface area contributed by atoms with Crippen LogP contribution in [0, 0.1) is 0 Å². The summed E-state index contributed by atoms with van der Waals surface area (Å²) in [5, 5.41) is 0.579. The van der Waals surface area contributed by atoms with Gasteiger partial charge in [0.25, 0.3) is 5.56 Å². The quantitative estimate of drug-likeness (QED) is 0.500. The molecule has 1 saturated heterocycles. The zero-order valence-corrected chi connectivity index (χ0v) is 17.8. The van der Waals surface area contributed by atoms with E-state index in [9.17, 15) is 4.79 Å². The summed E-state index contributed by atoms with van der Waals surface area (Å²) in [5.74, 6) is 1.48. The molecule has 1 aliphatic rings. The Morgan fingerprint density at radius 3 is 2.67 bits per heavy atom. The Kier molecular flexibility index (Phi) is 5.10. The molecule has 0 radical (unpaired) electrons. The molecule has 152 valence electrons. The number of hydrogen-bond acceptors (Lipinski definition) is 5. The van der Waals surface area contributed by atoms with Crippen LogP contribution in [0.2, 0.25) is 0 Å². The Morgan fingerprint density at radius 2 is 1.93 bits per heavy atom. The fourth-order valence-electron chi connectivity index (χ4n) is 3.72. The van der Waals surface area contributed by atoms with Gasteiger partial charge in [-0.15, -0.1) is 0 Å². The summed E-state index contributed by atoms with van der Waals surface area (Å²) in [7, 11) is 0. The molecular formula is C22H20BrN5O2. The molecule has 1 aliphatic heterocycles. The normalized spacial score (nSPS) is 14.4. The summed E-state index contributed by atoms with van der Waals surface area (Å²) >= 11 is 3.53. The Balaban J connectivity index is 1.50.